The molecule has 0 fully saturated rings. The van der Waals surface area contributed by atoms with Crippen LogP contribution in [0.2, 0.25) is 0 Å². The fourth-order valence-electron chi connectivity index (χ4n) is 2.11. The first-order chi connectivity index (χ1) is 10.5. The Labute approximate surface area is 131 Å². The van der Waals surface area contributed by atoms with Gasteiger partial charge in [-0.05, 0) is 31.5 Å². The lowest BCUT2D eigenvalue weighted by atomic mass is 10.2. The van der Waals surface area contributed by atoms with E-state index in [1.54, 1.807) is 11.7 Å². The van der Waals surface area contributed by atoms with E-state index >= 15 is 0 Å². The SMILES string of the molecule is Cc1ccc2oc(SCC(=O)Nc3cc(C)nn3C)nc2c1. The van der Waals surface area contributed by atoms with E-state index in [1.165, 1.54) is 11.8 Å². The van der Waals surface area contributed by atoms with Crippen molar-refractivity contribution in [3.05, 3.63) is 35.5 Å². The number of fused-ring (bicyclic) bond motifs is 1. The van der Waals surface area contributed by atoms with E-state index in [4.69, 9.17) is 4.42 Å². The lowest BCUT2D eigenvalue weighted by Gasteiger charge is -2.03. The Balaban J connectivity index is 1.63. The molecule has 2 aromatic heterocycles. The second-order valence-corrected chi connectivity index (χ2v) is 6.01. The molecule has 0 radical (unpaired) electrons. The van der Waals surface area contributed by atoms with Crippen LogP contribution in [0.1, 0.15) is 11.3 Å². The van der Waals surface area contributed by atoms with Gasteiger partial charge in [0, 0.05) is 13.1 Å². The van der Waals surface area contributed by atoms with Crippen molar-refractivity contribution in [3.63, 3.8) is 0 Å². The first kappa shape index (κ1) is 14.6. The molecule has 0 bridgehead atoms. The van der Waals surface area contributed by atoms with E-state index in [0.29, 0.717) is 11.0 Å². The predicted molar refractivity (Wildman–Crippen MR) is 86.0 cm³/mol. The minimum Gasteiger partial charge on any atom is -0.431 e. The van der Waals surface area contributed by atoms with Crippen molar-refractivity contribution in [2.24, 2.45) is 7.05 Å². The van der Waals surface area contributed by atoms with Gasteiger partial charge in [0.05, 0.1) is 11.4 Å². The number of aromatic nitrogens is 3. The van der Waals surface area contributed by atoms with Crippen molar-refractivity contribution in [1.82, 2.24) is 14.8 Å². The lowest BCUT2D eigenvalue weighted by Crippen LogP contribution is -2.16. The van der Waals surface area contributed by atoms with Crippen LogP contribution in [0.3, 0.4) is 0 Å². The van der Waals surface area contributed by atoms with Crippen molar-refractivity contribution in [1.29, 1.82) is 0 Å². The number of hydrogen-bond acceptors (Lipinski definition) is 5. The summed E-state index contributed by atoms with van der Waals surface area (Å²) in [4.78, 5) is 16.3. The van der Waals surface area contributed by atoms with Crippen LogP contribution in [0.25, 0.3) is 11.1 Å². The summed E-state index contributed by atoms with van der Waals surface area (Å²) in [6.45, 7) is 3.88. The average Bonchev–Trinajstić information content (AvgIpc) is 2.99. The van der Waals surface area contributed by atoms with Crippen LogP contribution in [0.4, 0.5) is 5.82 Å². The Morgan fingerprint density at radius 1 is 1.36 bits per heavy atom. The Kier molecular flexibility index (Phi) is 3.89. The van der Waals surface area contributed by atoms with E-state index in [0.717, 1.165) is 22.4 Å². The van der Waals surface area contributed by atoms with Gasteiger partial charge in [-0.15, -0.1) is 0 Å². The highest BCUT2D eigenvalue weighted by Gasteiger charge is 2.11. The molecule has 1 amide bonds. The molecular formula is C15H16N4O2S. The van der Waals surface area contributed by atoms with E-state index < -0.39 is 0 Å². The Hall–Kier alpha value is -2.28. The number of aryl methyl sites for hydroxylation is 3. The minimum absolute atomic E-state index is 0.119. The average molecular weight is 316 g/mol. The first-order valence-electron chi connectivity index (χ1n) is 6.82. The molecule has 0 unspecified atom stereocenters. The molecule has 0 atom stereocenters. The van der Waals surface area contributed by atoms with Crippen LogP contribution in [-0.4, -0.2) is 26.4 Å². The van der Waals surface area contributed by atoms with Gasteiger partial charge in [-0.1, -0.05) is 17.8 Å². The summed E-state index contributed by atoms with van der Waals surface area (Å²) < 4.78 is 7.24. The van der Waals surface area contributed by atoms with E-state index in [-0.39, 0.29) is 11.7 Å². The van der Waals surface area contributed by atoms with Gasteiger partial charge in [0.15, 0.2) is 5.58 Å². The molecule has 3 aromatic rings. The molecular weight excluding hydrogens is 300 g/mol. The number of thioether (sulfide) groups is 1. The molecule has 3 rings (SSSR count). The molecule has 0 aliphatic carbocycles. The molecule has 0 saturated carbocycles. The van der Waals surface area contributed by atoms with Crippen molar-refractivity contribution >= 4 is 34.6 Å². The van der Waals surface area contributed by atoms with Gasteiger partial charge in [-0.2, -0.15) is 5.10 Å². The lowest BCUT2D eigenvalue weighted by molar-refractivity contribution is -0.113. The number of hydrogen-bond donors (Lipinski definition) is 1. The van der Waals surface area contributed by atoms with Gasteiger partial charge in [0.1, 0.15) is 11.3 Å². The molecule has 1 N–H and O–H groups in total. The predicted octanol–water partition coefficient (Wildman–Crippen LogP) is 2.91. The minimum atomic E-state index is -0.119. The number of nitrogens with zero attached hydrogens (tertiary/aromatic N) is 3. The summed E-state index contributed by atoms with van der Waals surface area (Å²) >= 11 is 1.27. The second-order valence-electron chi connectivity index (χ2n) is 5.08. The fourth-order valence-corrected chi connectivity index (χ4v) is 2.75. The maximum absolute atomic E-state index is 12.0. The molecule has 114 valence electrons. The van der Waals surface area contributed by atoms with Crippen LogP contribution >= 0.6 is 11.8 Å². The normalized spacial score (nSPS) is 11.0. The number of nitrogens with one attached hydrogen (secondary N) is 1. The Morgan fingerprint density at radius 2 is 2.18 bits per heavy atom. The smallest absolute Gasteiger partial charge is 0.257 e. The van der Waals surface area contributed by atoms with Gasteiger partial charge in [-0.3, -0.25) is 9.48 Å². The summed E-state index contributed by atoms with van der Waals surface area (Å²) in [5.74, 6) is 0.790. The summed E-state index contributed by atoms with van der Waals surface area (Å²) in [6.07, 6.45) is 0. The highest BCUT2D eigenvalue weighted by Crippen LogP contribution is 2.24. The number of rotatable bonds is 4. The molecule has 0 spiro atoms. The van der Waals surface area contributed by atoms with Crippen molar-refractivity contribution in [2.75, 3.05) is 11.1 Å². The number of benzene rings is 1. The zero-order valence-electron chi connectivity index (χ0n) is 12.6. The third-order valence-corrected chi connectivity index (χ3v) is 3.95. The Morgan fingerprint density at radius 3 is 2.91 bits per heavy atom. The fraction of sp³-hybridized carbons (Fsp3) is 0.267. The number of oxazole rings is 1. The maximum atomic E-state index is 12.0. The third kappa shape index (κ3) is 3.14. The van der Waals surface area contributed by atoms with Crippen LogP contribution in [-0.2, 0) is 11.8 Å². The van der Waals surface area contributed by atoms with E-state index in [2.05, 4.69) is 15.4 Å². The zero-order valence-corrected chi connectivity index (χ0v) is 13.4. The highest BCUT2D eigenvalue weighted by molar-refractivity contribution is 7.99. The molecule has 0 saturated heterocycles. The monoisotopic (exact) mass is 316 g/mol. The van der Waals surface area contributed by atoms with Crippen LogP contribution in [0, 0.1) is 13.8 Å². The summed E-state index contributed by atoms with van der Waals surface area (Å²) in [7, 11) is 1.79. The molecule has 7 heteroatoms. The van der Waals surface area contributed by atoms with Crippen molar-refractivity contribution in [2.45, 2.75) is 19.1 Å². The quantitative estimate of drug-likeness (QED) is 0.749. The number of anilines is 1. The molecule has 2 heterocycles. The number of amides is 1. The zero-order chi connectivity index (χ0) is 15.7. The summed E-state index contributed by atoms with van der Waals surface area (Å²) in [5.41, 5.74) is 3.53. The topological polar surface area (TPSA) is 73.0 Å². The van der Waals surface area contributed by atoms with Gasteiger partial charge in [0.25, 0.3) is 5.22 Å². The molecule has 0 aliphatic heterocycles. The first-order valence-corrected chi connectivity index (χ1v) is 7.80. The molecule has 1 aromatic carbocycles. The van der Waals surface area contributed by atoms with Crippen LogP contribution < -0.4 is 5.32 Å². The maximum Gasteiger partial charge on any atom is 0.257 e. The Bertz CT molecular complexity index is 837. The molecule has 22 heavy (non-hydrogen) atoms. The number of carbonyl (C=O) groups is 1. The summed E-state index contributed by atoms with van der Waals surface area (Å²) in [6, 6.07) is 7.64. The molecule has 6 nitrogen and oxygen atoms in total. The van der Waals surface area contributed by atoms with Gasteiger partial charge in [-0.25, -0.2) is 4.98 Å². The standard InChI is InChI=1S/C15H16N4O2S/c1-9-4-5-12-11(6-9)16-15(21-12)22-8-14(20)17-13-7-10(2)18-19(13)3/h4-7H,8H2,1-3H3,(H,17,20). The second kappa shape index (κ2) is 5.84. The van der Waals surface area contributed by atoms with Gasteiger partial charge < -0.3 is 9.73 Å². The van der Waals surface area contributed by atoms with Gasteiger partial charge >= 0.3 is 0 Å². The van der Waals surface area contributed by atoms with E-state index in [1.807, 2.05) is 38.1 Å². The summed E-state index contributed by atoms with van der Waals surface area (Å²) in [5, 5.41) is 7.50. The molecule has 0 aliphatic rings. The largest absolute Gasteiger partial charge is 0.431 e. The van der Waals surface area contributed by atoms with E-state index in [9.17, 15) is 4.79 Å². The van der Waals surface area contributed by atoms with Gasteiger partial charge in [0.2, 0.25) is 5.91 Å². The third-order valence-electron chi connectivity index (χ3n) is 3.12. The number of carbonyl (C=O) groups excluding carboxylic acids is 1. The van der Waals surface area contributed by atoms with Crippen LogP contribution in [0.15, 0.2) is 33.9 Å². The highest BCUT2D eigenvalue weighted by atomic mass is 32.2. The van der Waals surface area contributed by atoms with Crippen LogP contribution in [0.5, 0.6) is 0 Å². The van der Waals surface area contributed by atoms with Crippen molar-refractivity contribution < 1.29 is 9.21 Å². The van der Waals surface area contributed by atoms with Crippen molar-refractivity contribution in [3.8, 4) is 0 Å².